The number of aromatic carboxylic acids is 1. The maximum atomic E-state index is 15.4. The normalized spacial score (nSPS) is 16.6. The summed E-state index contributed by atoms with van der Waals surface area (Å²) in [5, 5.41) is 9.50. The lowest BCUT2D eigenvalue weighted by Crippen LogP contribution is -2.33. The molecule has 2 heterocycles. The summed E-state index contributed by atoms with van der Waals surface area (Å²) < 4.78 is 22.8. The van der Waals surface area contributed by atoms with E-state index in [4.69, 9.17) is 10.5 Å². The number of rotatable bonds is 6. The summed E-state index contributed by atoms with van der Waals surface area (Å²) in [6, 6.07) is 1.25. The molecule has 3 N–H and O–H groups in total. The Labute approximate surface area is 179 Å². The van der Waals surface area contributed by atoms with Crippen LogP contribution in [0, 0.1) is 5.82 Å². The van der Waals surface area contributed by atoms with Crippen molar-refractivity contribution in [2.75, 3.05) is 31.6 Å². The summed E-state index contributed by atoms with van der Waals surface area (Å²) in [5.41, 5.74) is 8.21. The predicted octanol–water partition coefficient (Wildman–Crippen LogP) is 3.45. The minimum Gasteiger partial charge on any atom is -0.492 e. The number of fused-ring (bicyclic) bond motifs is 1. The number of halogens is 1. The molecule has 1 aliphatic carbocycles. The van der Waals surface area contributed by atoms with Gasteiger partial charge in [-0.2, -0.15) is 0 Å². The van der Waals surface area contributed by atoms with Gasteiger partial charge >= 0.3 is 5.97 Å². The first-order valence-corrected chi connectivity index (χ1v) is 10.7. The van der Waals surface area contributed by atoms with Crippen LogP contribution >= 0.6 is 0 Å². The van der Waals surface area contributed by atoms with Gasteiger partial charge in [-0.05, 0) is 38.2 Å². The molecule has 2 fully saturated rings. The van der Waals surface area contributed by atoms with E-state index in [-0.39, 0.29) is 22.7 Å². The third-order valence-corrected chi connectivity index (χ3v) is 6.43. The summed E-state index contributed by atoms with van der Waals surface area (Å²) in [7, 11) is 1.46. The molecule has 1 aliphatic heterocycles. The van der Waals surface area contributed by atoms with Crippen molar-refractivity contribution in [1.82, 2.24) is 4.57 Å². The van der Waals surface area contributed by atoms with Crippen LogP contribution < -0.4 is 20.8 Å². The Kier molecular flexibility index (Phi) is 5.75. The molecule has 8 heteroatoms. The largest absolute Gasteiger partial charge is 0.492 e. The number of benzene rings is 1. The Morgan fingerprint density at radius 3 is 2.52 bits per heavy atom. The number of anilines is 1. The third kappa shape index (κ3) is 3.69. The smallest absolute Gasteiger partial charge is 0.341 e. The molecule has 0 spiro atoms. The number of ether oxygens (including phenoxy) is 1. The summed E-state index contributed by atoms with van der Waals surface area (Å²) >= 11 is 0. The fraction of sp³-hybridized carbons (Fsp3) is 0.478. The van der Waals surface area contributed by atoms with Crippen LogP contribution in [-0.4, -0.2) is 42.4 Å². The van der Waals surface area contributed by atoms with Crippen LogP contribution in [0.5, 0.6) is 5.75 Å². The zero-order chi connectivity index (χ0) is 22.3. The van der Waals surface area contributed by atoms with Gasteiger partial charge in [0.1, 0.15) is 11.3 Å². The molecule has 0 bridgehead atoms. The highest BCUT2D eigenvalue weighted by atomic mass is 19.1. The van der Waals surface area contributed by atoms with E-state index in [1.165, 1.54) is 30.5 Å². The molecular formula is C23H28FN3O4. The first kappa shape index (κ1) is 21.4. The monoisotopic (exact) mass is 429 g/mol. The van der Waals surface area contributed by atoms with Crippen LogP contribution in [0.4, 0.5) is 10.1 Å². The third-order valence-electron chi connectivity index (χ3n) is 6.43. The Balaban J connectivity index is 1.86. The number of nitrogens with two attached hydrogens (primary N) is 1. The molecule has 0 atom stereocenters. The van der Waals surface area contributed by atoms with Crippen molar-refractivity contribution in [3.63, 3.8) is 0 Å². The zero-order valence-electron chi connectivity index (χ0n) is 17.9. The van der Waals surface area contributed by atoms with Crippen LogP contribution in [0.1, 0.15) is 55.4 Å². The number of hydrogen-bond donors (Lipinski definition) is 2. The molecule has 4 rings (SSSR count). The van der Waals surface area contributed by atoms with E-state index >= 15 is 4.39 Å². The molecule has 1 aromatic heterocycles. The number of carboxylic acids is 1. The highest BCUT2D eigenvalue weighted by molar-refractivity contribution is 5.97. The molecule has 1 saturated heterocycles. The summed E-state index contributed by atoms with van der Waals surface area (Å²) in [4.78, 5) is 26.4. The standard InChI is InChI=1S/C23H28FN3O4/c1-3-13(11-25)14-6-8-26(9-7-14)20-18(24)10-16-19(22(20)31-2)27(15-4-5-15)12-17(21(16)28)23(29)30/h10,12,15H,3-9,11,25H2,1-2H3,(H,29,30). The topological polar surface area (TPSA) is 97.8 Å². The number of carbonyl (C=O) groups is 1. The molecule has 2 aliphatic rings. The Morgan fingerprint density at radius 1 is 1.32 bits per heavy atom. The Bertz CT molecular complexity index is 1120. The maximum Gasteiger partial charge on any atom is 0.341 e. The van der Waals surface area contributed by atoms with Gasteiger partial charge in [0.15, 0.2) is 11.6 Å². The van der Waals surface area contributed by atoms with Crippen LogP contribution in [0.3, 0.4) is 0 Å². The van der Waals surface area contributed by atoms with Crippen molar-refractivity contribution in [3.05, 3.63) is 45.0 Å². The van der Waals surface area contributed by atoms with Gasteiger partial charge in [-0.15, -0.1) is 0 Å². The van der Waals surface area contributed by atoms with Crippen molar-refractivity contribution in [2.24, 2.45) is 5.73 Å². The van der Waals surface area contributed by atoms with Gasteiger partial charge in [0, 0.05) is 31.9 Å². The van der Waals surface area contributed by atoms with Crippen LogP contribution in [-0.2, 0) is 0 Å². The van der Waals surface area contributed by atoms with Crippen molar-refractivity contribution >= 4 is 22.6 Å². The maximum absolute atomic E-state index is 15.4. The predicted molar refractivity (Wildman–Crippen MR) is 118 cm³/mol. The number of nitrogens with zero attached hydrogens (tertiary/aromatic N) is 2. The highest BCUT2D eigenvalue weighted by Crippen LogP contribution is 2.44. The summed E-state index contributed by atoms with van der Waals surface area (Å²) in [5.74, 6) is -1.60. The van der Waals surface area contributed by atoms with Crippen molar-refractivity contribution in [1.29, 1.82) is 0 Å². The van der Waals surface area contributed by atoms with E-state index in [1.807, 2.05) is 4.90 Å². The summed E-state index contributed by atoms with van der Waals surface area (Å²) in [6.45, 7) is 3.88. The van der Waals surface area contributed by atoms with Gasteiger partial charge in [0.25, 0.3) is 0 Å². The molecule has 0 amide bonds. The minimum absolute atomic E-state index is 0.0406. The lowest BCUT2D eigenvalue weighted by molar-refractivity contribution is 0.0695. The molecule has 1 aromatic carbocycles. The van der Waals surface area contributed by atoms with Crippen LogP contribution in [0.2, 0.25) is 0 Å². The molecule has 0 unspecified atom stereocenters. The lowest BCUT2D eigenvalue weighted by Gasteiger charge is -2.33. The molecule has 0 radical (unpaired) electrons. The van der Waals surface area contributed by atoms with Gasteiger partial charge in [-0.3, -0.25) is 4.79 Å². The van der Waals surface area contributed by atoms with Crippen molar-refractivity contribution < 1.29 is 19.0 Å². The number of carboxylic acid groups (broad SMARTS) is 1. The molecule has 166 valence electrons. The fourth-order valence-corrected chi connectivity index (χ4v) is 4.62. The van der Waals surface area contributed by atoms with Gasteiger partial charge in [-0.1, -0.05) is 18.1 Å². The second-order valence-electron chi connectivity index (χ2n) is 8.20. The van der Waals surface area contributed by atoms with Crippen molar-refractivity contribution in [3.8, 4) is 5.75 Å². The van der Waals surface area contributed by atoms with E-state index in [2.05, 4.69) is 6.92 Å². The first-order chi connectivity index (χ1) is 14.9. The SMILES string of the molecule is CCC(CN)=C1CCN(c2c(F)cc3c(=O)c(C(=O)O)cn(C4CC4)c3c2OC)CC1. The number of methoxy groups -OCH3 is 1. The number of aromatic nitrogens is 1. The van der Waals surface area contributed by atoms with E-state index < -0.39 is 17.2 Å². The van der Waals surface area contributed by atoms with Gasteiger partial charge in [0.2, 0.25) is 5.43 Å². The number of hydrogen-bond acceptors (Lipinski definition) is 5. The Morgan fingerprint density at radius 2 is 2.00 bits per heavy atom. The fourth-order valence-electron chi connectivity index (χ4n) is 4.62. The second-order valence-corrected chi connectivity index (χ2v) is 8.20. The van der Waals surface area contributed by atoms with E-state index in [0.29, 0.717) is 30.8 Å². The second kappa shape index (κ2) is 8.34. The summed E-state index contributed by atoms with van der Waals surface area (Å²) in [6.07, 6.45) is 5.65. The highest BCUT2D eigenvalue weighted by Gasteiger charge is 2.31. The quantitative estimate of drug-likeness (QED) is 0.683. The zero-order valence-corrected chi connectivity index (χ0v) is 17.9. The molecule has 1 saturated carbocycles. The van der Waals surface area contributed by atoms with Gasteiger partial charge in [-0.25, -0.2) is 9.18 Å². The average Bonchev–Trinajstić information content (AvgIpc) is 3.60. The van der Waals surface area contributed by atoms with E-state index in [9.17, 15) is 14.7 Å². The van der Waals surface area contributed by atoms with Crippen LogP contribution in [0.15, 0.2) is 28.2 Å². The Hall–Kier alpha value is -2.87. The molecular weight excluding hydrogens is 401 g/mol. The first-order valence-electron chi connectivity index (χ1n) is 10.7. The average molecular weight is 429 g/mol. The minimum atomic E-state index is -1.31. The van der Waals surface area contributed by atoms with Crippen molar-refractivity contribution in [2.45, 2.75) is 45.1 Å². The van der Waals surface area contributed by atoms with Gasteiger partial charge < -0.3 is 25.0 Å². The van der Waals surface area contributed by atoms with E-state index in [1.54, 1.807) is 4.57 Å². The molecule has 2 aromatic rings. The number of piperidine rings is 1. The molecule has 7 nitrogen and oxygen atoms in total. The van der Waals surface area contributed by atoms with E-state index in [0.717, 1.165) is 32.1 Å². The lowest BCUT2D eigenvalue weighted by atomic mass is 9.95. The van der Waals surface area contributed by atoms with Gasteiger partial charge in [0.05, 0.1) is 18.0 Å². The van der Waals surface area contributed by atoms with Crippen LogP contribution in [0.25, 0.3) is 10.9 Å². The number of pyridine rings is 1. The molecule has 31 heavy (non-hydrogen) atoms.